The lowest BCUT2D eigenvalue weighted by Gasteiger charge is -2.14. The first-order valence-electron chi connectivity index (χ1n) is 9.58. The number of benzene rings is 2. The number of hydrogen-bond donors (Lipinski definition) is 6. The van der Waals surface area contributed by atoms with Crippen molar-refractivity contribution in [1.29, 1.82) is 0 Å². The van der Waals surface area contributed by atoms with E-state index < -0.39 is 17.9 Å². The number of carbonyl (C=O) groups is 3. The maximum absolute atomic E-state index is 12.2. The summed E-state index contributed by atoms with van der Waals surface area (Å²) in [5.41, 5.74) is 9.26. The van der Waals surface area contributed by atoms with E-state index in [2.05, 4.69) is 39.6 Å². The highest BCUT2D eigenvalue weighted by Gasteiger charge is 2.19. The van der Waals surface area contributed by atoms with Gasteiger partial charge in [0.25, 0.3) is 11.8 Å². The fourth-order valence-corrected chi connectivity index (χ4v) is 2.47. The number of nitrogens with two attached hydrogens (primary N) is 1. The Labute approximate surface area is 185 Å². The van der Waals surface area contributed by atoms with Gasteiger partial charge in [0.05, 0.1) is 6.54 Å². The summed E-state index contributed by atoms with van der Waals surface area (Å²) in [6.07, 6.45) is 0. The molecule has 0 saturated carbocycles. The summed E-state index contributed by atoms with van der Waals surface area (Å²) in [5.74, 6) is 9.85. The van der Waals surface area contributed by atoms with Crippen LogP contribution in [0.1, 0.15) is 21.5 Å². The molecule has 0 heterocycles. The van der Waals surface area contributed by atoms with Crippen molar-refractivity contribution < 1.29 is 19.6 Å². The molecule has 0 bridgehead atoms. The molecule has 0 unspecified atom stereocenters. The average Bonchev–Trinajstić information content (AvgIpc) is 2.81. The fraction of sp³-hybridized carbons (Fsp3) is 0.174. The van der Waals surface area contributed by atoms with Crippen molar-refractivity contribution in [2.45, 2.75) is 6.04 Å². The van der Waals surface area contributed by atoms with E-state index in [0.29, 0.717) is 16.8 Å². The highest BCUT2D eigenvalue weighted by atomic mass is 16.5. The molecule has 164 valence electrons. The summed E-state index contributed by atoms with van der Waals surface area (Å²) in [6, 6.07) is 12.4. The Hall–Kier alpha value is -4.15. The molecule has 0 radical (unpaired) electrons. The van der Waals surface area contributed by atoms with Gasteiger partial charge in [0.15, 0.2) is 0 Å². The Bertz CT molecular complexity index is 1070. The van der Waals surface area contributed by atoms with Crippen LogP contribution < -0.4 is 27.2 Å². The van der Waals surface area contributed by atoms with Gasteiger partial charge in [-0.3, -0.25) is 19.6 Å². The van der Waals surface area contributed by atoms with Crippen LogP contribution in [0.25, 0.3) is 0 Å². The van der Waals surface area contributed by atoms with Crippen molar-refractivity contribution >= 4 is 23.4 Å². The minimum Gasteiger partial charge on any atom is -0.339 e. The van der Waals surface area contributed by atoms with Gasteiger partial charge in [0, 0.05) is 28.9 Å². The maximum atomic E-state index is 12.2. The van der Waals surface area contributed by atoms with E-state index >= 15 is 0 Å². The van der Waals surface area contributed by atoms with Crippen LogP contribution in [0.15, 0.2) is 48.5 Å². The van der Waals surface area contributed by atoms with Crippen molar-refractivity contribution in [3.8, 4) is 23.7 Å². The largest absolute Gasteiger partial charge is 0.339 e. The van der Waals surface area contributed by atoms with Crippen LogP contribution in [-0.4, -0.2) is 49.1 Å². The number of rotatable bonds is 7. The van der Waals surface area contributed by atoms with E-state index in [1.54, 1.807) is 55.6 Å². The first-order valence-corrected chi connectivity index (χ1v) is 9.58. The Morgan fingerprint density at radius 1 is 0.969 bits per heavy atom. The zero-order valence-corrected chi connectivity index (χ0v) is 17.4. The van der Waals surface area contributed by atoms with Crippen LogP contribution in [0.3, 0.4) is 0 Å². The molecule has 7 N–H and O–H groups in total. The SMILES string of the molecule is CNCC(=O)Nc1ccc(C#CC#Cc2ccc(C(=O)N[C@@H](CN)C(=O)NO)cc2)cc1. The van der Waals surface area contributed by atoms with E-state index in [1.807, 2.05) is 0 Å². The number of hydrogen-bond acceptors (Lipinski definition) is 6. The van der Waals surface area contributed by atoms with E-state index in [-0.39, 0.29) is 19.0 Å². The second kappa shape index (κ2) is 12.5. The number of carbonyl (C=O) groups excluding carboxylic acids is 3. The quantitative estimate of drug-likeness (QED) is 0.203. The van der Waals surface area contributed by atoms with Gasteiger partial charge in [-0.15, -0.1) is 0 Å². The minimum atomic E-state index is -1.04. The topological polar surface area (TPSA) is 146 Å². The lowest BCUT2D eigenvalue weighted by atomic mass is 10.1. The Morgan fingerprint density at radius 3 is 2.03 bits per heavy atom. The third kappa shape index (κ3) is 7.59. The molecule has 0 aliphatic rings. The molecule has 0 spiro atoms. The van der Waals surface area contributed by atoms with Crippen molar-refractivity contribution in [3.05, 3.63) is 65.2 Å². The third-order valence-electron chi connectivity index (χ3n) is 4.10. The monoisotopic (exact) mass is 433 g/mol. The van der Waals surface area contributed by atoms with Gasteiger partial charge in [-0.25, -0.2) is 5.48 Å². The Balaban J connectivity index is 1.95. The van der Waals surface area contributed by atoms with Crippen molar-refractivity contribution in [1.82, 2.24) is 16.1 Å². The molecule has 32 heavy (non-hydrogen) atoms. The van der Waals surface area contributed by atoms with Gasteiger partial charge in [0.2, 0.25) is 5.91 Å². The molecule has 9 nitrogen and oxygen atoms in total. The average molecular weight is 433 g/mol. The van der Waals surface area contributed by atoms with E-state index in [9.17, 15) is 14.4 Å². The zero-order chi connectivity index (χ0) is 23.3. The standard InChI is InChI=1S/C23H23N5O4/c1-25-15-21(29)26-19-12-8-17(9-13-19)5-3-2-4-16-6-10-18(11-7-16)22(30)27-20(14-24)23(31)28-32/h6-13,20,25,32H,14-15,24H2,1H3,(H,26,29)(H,27,30)(H,28,31)/t20-/m0/s1. The molecule has 2 aromatic carbocycles. The molecule has 9 heteroatoms. The molecular weight excluding hydrogens is 410 g/mol. The second-order valence-electron chi connectivity index (χ2n) is 6.47. The highest BCUT2D eigenvalue weighted by molar-refractivity contribution is 5.97. The maximum Gasteiger partial charge on any atom is 0.267 e. The molecule has 2 aromatic rings. The number of nitrogens with one attached hydrogen (secondary N) is 4. The normalized spacial score (nSPS) is 10.5. The summed E-state index contributed by atoms with van der Waals surface area (Å²) in [7, 11) is 1.70. The van der Waals surface area contributed by atoms with Gasteiger partial charge in [-0.1, -0.05) is 11.8 Å². The molecule has 1 atom stereocenters. The van der Waals surface area contributed by atoms with Crippen LogP contribution in [0, 0.1) is 23.7 Å². The summed E-state index contributed by atoms with van der Waals surface area (Å²) in [5, 5.41) is 16.6. The smallest absolute Gasteiger partial charge is 0.267 e. The molecular formula is C23H23N5O4. The molecule has 0 fully saturated rings. The van der Waals surface area contributed by atoms with Gasteiger partial charge >= 0.3 is 0 Å². The molecule has 0 aliphatic carbocycles. The van der Waals surface area contributed by atoms with Gasteiger partial charge < -0.3 is 21.7 Å². The van der Waals surface area contributed by atoms with Crippen molar-refractivity contribution in [2.24, 2.45) is 5.73 Å². The summed E-state index contributed by atoms with van der Waals surface area (Å²) in [6.45, 7) is 0.0753. The highest BCUT2D eigenvalue weighted by Crippen LogP contribution is 2.08. The molecule has 0 aromatic heterocycles. The summed E-state index contributed by atoms with van der Waals surface area (Å²) in [4.78, 5) is 35.1. The van der Waals surface area contributed by atoms with Crippen LogP contribution in [0.5, 0.6) is 0 Å². The number of hydroxylamine groups is 1. The van der Waals surface area contributed by atoms with Gasteiger partial charge in [-0.2, -0.15) is 0 Å². The van der Waals surface area contributed by atoms with Gasteiger partial charge in [0.1, 0.15) is 6.04 Å². The van der Waals surface area contributed by atoms with Gasteiger partial charge in [-0.05, 0) is 67.4 Å². The van der Waals surface area contributed by atoms with Crippen LogP contribution >= 0.6 is 0 Å². The second-order valence-corrected chi connectivity index (χ2v) is 6.47. The van der Waals surface area contributed by atoms with E-state index in [1.165, 1.54) is 5.48 Å². The molecule has 3 amide bonds. The molecule has 0 aliphatic heterocycles. The van der Waals surface area contributed by atoms with Crippen LogP contribution in [-0.2, 0) is 9.59 Å². The van der Waals surface area contributed by atoms with Crippen LogP contribution in [0.4, 0.5) is 5.69 Å². The predicted molar refractivity (Wildman–Crippen MR) is 119 cm³/mol. The molecule has 0 saturated heterocycles. The lowest BCUT2D eigenvalue weighted by Crippen LogP contribution is -2.50. The fourth-order valence-electron chi connectivity index (χ4n) is 2.47. The predicted octanol–water partition coefficient (Wildman–Crippen LogP) is -0.190. The van der Waals surface area contributed by atoms with E-state index in [4.69, 9.17) is 10.9 Å². The summed E-state index contributed by atoms with van der Waals surface area (Å²) < 4.78 is 0. The third-order valence-corrected chi connectivity index (χ3v) is 4.10. The number of likely N-dealkylation sites (N-methyl/N-ethyl adjacent to an activating group) is 1. The Morgan fingerprint density at radius 2 is 1.53 bits per heavy atom. The van der Waals surface area contributed by atoms with Crippen molar-refractivity contribution in [3.63, 3.8) is 0 Å². The zero-order valence-electron chi connectivity index (χ0n) is 17.4. The lowest BCUT2D eigenvalue weighted by molar-refractivity contribution is -0.130. The first kappa shape index (κ1) is 24.1. The molecule has 2 rings (SSSR count). The Kier molecular flexibility index (Phi) is 9.44. The first-order chi connectivity index (χ1) is 15.5. The summed E-state index contributed by atoms with van der Waals surface area (Å²) >= 11 is 0. The number of amides is 3. The van der Waals surface area contributed by atoms with E-state index in [0.717, 1.165) is 5.56 Å². The number of anilines is 1. The van der Waals surface area contributed by atoms with Crippen molar-refractivity contribution in [2.75, 3.05) is 25.5 Å². The van der Waals surface area contributed by atoms with Crippen LogP contribution in [0.2, 0.25) is 0 Å². The minimum absolute atomic E-state index is 0.129.